The molecule has 1 unspecified atom stereocenters. The fraction of sp³-hybridized carbons (Fsp3) is 0.625. The molecular formula is C64H98N3O23S2+. The minimum atomic E-state index is -4.66. The molecule has 2 aromatic rings. The fourth-order valence-corrected chi connectivity index (χ4v) is 11.0. The standard InChI is InChI=1S/C64H97N3O23S2/c1-63(2,3)55-49-52(12-10-13-59-64(4,21-11-47-91(71,72)73)56-50-53(92(74,75)76)16-18-57(56)66(59)22-9-7-8-14-62(70)90-67-60(68)19-20-61(67)69)89-58-48-51(15-17-54(55)58)65(23-25-79-31-33-83-39-41-87-45-43-85-37-35-81-29-27-77-5)24-26-80-32-34-84-40-42-88-46-44-86-38-36-82-30-28-78-6/h10,12-13,15-20,48-50H,7-9,11,14,21-47H2,1-6H3,(H3-,68,69,71,72,73,74,75,76)/p+1. The van der Waals surface area contributed by atoms with E-state index >= 15 is 0 Å². The lowest BCUT2D eigenvalue weighted by Gasteiger charge is -2.30. The number of carbonyl (C=O) groups is 1. The van der Waals surface area contributed by atoms with Crippen LogP contribution in [0.15, 0.2) is 81.8 Å². The van der Waals surface area contributed by atoms with Crippen molar-refractivity contribution in [1.29, 1.82) is 0 Å². The Morgan fingerprint density at radius 2 is 1.10 bits per heavy atom. The van der Waals surface area contributed by atoms with Gasteiger partial charge in [0.2, 0.25) is 17.1 Å². The third-order valence-corrected chi connectivity index (χ3v) is 16.3. The third kappa shape index (κ3) is 27.9. The second-order valence-electron chi connectivity index (χ2n) is 22.6. The van der Waals surface area contributed by atoms with E-state index in [4.69, 9.17) is 66.1 Å². The third-order valence-electron chi connectivity index (χ3n) is 14.6. The summed E-state index contributed by atoms with van der Waals surface area (Å²) in [5.74, 6) is -0.971. The Morgan fingerprint density at radius 3 is 1.57 bits per heavy atom. The van der Waals surface area contributed by atoms with Gasteiger partial charge in [-0.1, -0.05) is 33.3 Å². The van der Waals surface area contributed by atoms with Crippen LogP contribution in [-0.4, -0.2) is 232 Å². The largest absolute Gasteiger partial charge is 0.492 e. The molecule has 1 aromatic carbocycles. The summed E-state index contributed by atoms with van der Waals surface area (Å²) in [5, 5.41) is 20.7. The summed E-state index contributed by atoms with van der Waals surface area (Å²) >= 11 is 0. The Labute approximate surface area is 541 Å². The molecule has 0 spiro atoms. The number of nitrogens with zero attached hydrogens (tertiary/aromatic N) is 3. The monoisotopic (exact) mass is 1340 g/mol. The Hall–Kier alpha value is -5.38. The highest BCUT2D eigenvalue weighted by molar-refractivity contribution is 7.86. The first-order valence-corrected chi connectivity index (χ1v) is 34.2. The van der Waals surface area contributed by atoms with Crippen molar-refractivity contribution in [2.24, 2.45) is 0 Å². The zero-order valence-electron chi connectivity index (χ0n) is 54.3. The Morgan fingerprint density at radius 1 is 0.609 bits per heavy atom. The summed E-state index contributed by atoms with van der Waals surface area (Å²) in [4.78, 5) is 19.4. The molecule has 3 aliphatic rings. The molecule has 2 aliphatic heterocycles. The lowest BCUT2D eigenvalue weighted by Crippen LogP contribution is -2.36. The van der Waals surface area contributed by atoms with E-state index in [2.05, 4.69) is 31.4 Å². The number of fused-ring (bicyclic) bond motifs is 2. The maximum Gasteiger partial charge on any atom is 0.333 e. The van der Waals surface area contributed by atoms with Crippen molar-refractivity contribution in [1.82, 2.24) is 9.31 Å². The predicted molar refractivity (Wildman–Crippen MR) is 343 cm³/mol. The molecule has 3 heterocycles. The summed E-state index contributed by atoms with van der Waals surface area (Å²) in [7, 11) is -5.78. The van der Waals surface area contributed by atoms with Gasteiger partial charge in [0.25, 0.3) is 20.2 Å². The van der Waals surface area contributed by atoms with Crippen LogP contribution in [0, 0.1) is 0 Å². The van der Waals surface area contributed by atoms with Crippen LogP contribution in [0.5, 0.6) is 11.8 Å². The maximum atomic E-state index is 12.7. The van der Waals surface area contributed by atoms with Gasteiger partial charge in [0.1, 0.15) is 24.7 Å². The number of benzene rings is 2. The normalized spacial score (nSPS) is 15.0. The van der Waals surface area contributed by atoms with Crippen molar-refractivity contribution in [3.8, 4) is 23.1 Å². The van der Waals surface area contributed by atoms with Crippen LogP contribution >= 0.6 is 0 Å². The molecule has 0 amide bonds. The second kappa shape index (κ2) is 41.4. The van der Waals surface area contributed by atoms with Gasteiger partial charge in [0.15, 0.2) is 13.1 Å². The topological polar surface area (TPSA) is 311 Å². The molecule has 0 saturated heterocycles. The van der Waals surface area contributed by atoms with Crippen molar-refractivity contribution in [3.63, 3.8) is 0 Å². The molecular weight excluding hydrogens is 1240 g/mol. The molecule has 0 bridgehead atoms. The zero-order chi connectivity index (χ0) is 66.7. The number of hydrogen-bond acceptors (Lipinski definition) is 22. The highest BCUT2D eigenvalue weighted by Crippen LogP contribution is 2.51. The minimum Gasteiger partial charge on any atom is -0.492 e. The molecule has 4 N–H and O–H groups in total. The summed E-state index contributed by atoms with van der Waals surface area (Å²) in [6.45, 7) is 19.4. The van der Waals surface area contributed by atoms with E-state index in [9.17, 15) is 40.9 Å². The number of unbranched alkanes of at least 4 members (excludes halogenated alkanes) is 2. The van der Waals surface area contributed by atoms with Gasteiger partial charge < -0.3 is 81.2 Å². The van der Waals surface area contributed by atoms with Crippen molar-refractivity contribution in [2.45, 2.75) is 81.9 Å². The zero-order valence-corrected chi connectivity index (χ0v) is 55.9. The Balaban J connectivity index is 1.34. The van der Waals surface area contributed by atoms with Crippen LogP contribution in [0.2, 0.25) is 0 Å². The van der Waals surface area contributed by atoms with Crippen LogP contribution in [-0.2, 0) is 92.7 Å². The molecule has 0 saturated carbocycles. The quantitative estimate of drug-likeness (QED) is 0.0226. The molecule has 1 atom stereocenters. The van der Waals surface area contributed by atoms with Gasteiger partial charge in [-0.25, -0.2) is 9.37 Å². The van der Waals surface area contributed by atoms with Crippen LogP contribution in [0.1, 0.15) is 83.1 Å². The van der Waals surface area contributed by atoms with Gasteiger partial charge in [-0.15, -0.1) is 4.73 Å². The van der Waals surface area contributed by atoms with Crippen molar-refractivity contribution in [2.75, 3.05) is 190 Å². The van der Waals surface area contributed by atoms with Crippen LogP contribution in [0.25, 0.3) is 17.4 Å². The van der Waals surface area contributed by atoms with Gasteiger partial charge in [-0.3, -0.25) is 9.11 Å². The number of aromatic nitrogens is 1. The van der Waals surface area contributed by atoms with Crippen molar-refractivity contribution in [3.05, 3.63) is 94.7 Å². The summed E-state index contributed by atoms with van der Waals surface area (Å²) in [5.41, 5.74) is 2.35. The van der Waals surface area contributed by atoms with Crippen LogP contribution < -0.4 is 19.7 Å². The number of methoxy groups -OCH3 is 2. The van der Waals surface area contributed by atoms with E-state index in [1.807, 2.05) is 48.3 Å². The number of rotatable bonds is 50. The average molecular weight is 1340 g/mol. The molecule has 26 nitrogen and oxygen atoms in total. The van der Waals surface area contributed by atoms with Gasteiger partial charge in [0.05, 0.1) is 149 Å². The number of carbonyl (C=O) groups excluding carboxylic acids is 1. The molecule has 5 rings (SSSR count). The van der Waals surface area contributed by atoms with Gasteiger partial charge in [-0.05, 0) is 91.6 Å². The van der Waals surface area contributed by atoms with Crippen LogP contribution in [0.3, 0.4) is 0 Å². The van der Waals surface area contributed by atoms with E-state index < -0.39 is 49.1 Å². The number of anilines is 1. The lowest BCUT2D eigenvalue weighted by molar-refractivity contribution is -0.145. The maximum absolute atomic E-state index is 12.7. The minimum absolute atomic E-state index is 0.00661. The molecule has 28 heteroatoms. The van der Waals surface area contributed by atoms with E-state index in [0.29, 0.717) is 217 Å². The lowest BCUT2D eigenvalue weighted by atomic mass is 9.77. The van der Waals surface area contributed by atoms with E-state index in [-0.39, 0.29) is 29.6 Å². The number of hydrogen-bond donors (Lipinski definition) is 4. The number of ether oxygens (including phenoxy) is 12. The Bertz CT molecular complexity index is 3060. The highest BCUT2D eigenvalue weighted by Gasteiger charge is 2.44. The molecule has 1 aromatic heterocycles. The SMILES string of the molecule is COCCOCCOCCOCCOCCOCC[N+](CCOCCOCCOCCOCCOCCOC)=c1ccc2c(C(C)(C)C)cc(C=CC=C3N(CCCCCC(=O)On4c(O)ccc4O)c4ccc(S(=O)(=O)O)cc4C3(C)CCCS(=O)(=O)O)oc-2c1. The first-order valence-electron chi connectivity index (χ1n) is 31.1. The summed E-state index contributed by atoms with van der Waals surface area (Å²) < 4.78 is 145. The Kier molecular flexibility index (Phi) is 34.8. The summed E-state index contributed by atoms with van der Waals surface area (Å²) in [6.07, 6.45) is 7.06. The van der Waals surface area contributed by atoms with E-state index in [1.165, 1.54) is 24.3 Å². The number of allylic oxidation sites excluding steroid dienone is 3. The molecule has 1 aliphatic carbocycles. The molecule has 518 valence electrons. The highest BCUT2D eigenvalue weighted by atomic mass is 32.2. The average Bonchev–Trinajstić information content (AvgIpc) is 1.56. The van der Waals surface area contributed by atoms with Gasteiger partial charge >= 0.3 is 5.97 Å². The van der Waals surface area contributed by atoms with Crippen molar-refractivity contribution < 1.29 is 107 Å². The predicted octanol–water partition coefficient (Wildman–Crippen LogP) is 5.93. The van der Waals surface area contributed by atoms with Crippen molar-refractivity contribution >= 4 is 38.0 Å². The van der Waals surface area contributed by atoms with E-state index in [1.54, 1.807) is 20.3 Å². The summed E-state index contributed by atoms with van der Waals surface area (Å²) in [6, 6.07) is 14.7. The smallest absolute Gasteiger partial charge is 0.333 e. The molecule has 92 heavy (non-hydrogen) atoms. The van der Waals surface area contributed by atoms with Gasteiger partial charge in [-0.2, -0.15) is 16.8 Å². The van der Waals surface area contributed by atoms with Gasteiger partial charge in [0, 0.05) is 67.7 Å². The first kappa shape index (κ1) is 77.3. The van der Waals surface area contributed by atoms with Crippen LogP contribution in [0.4, 0.5) is 5.69 Å². The molecule has 0 fully saturated rings. The number of aromatic hydroxyl groups is 2. The van der Waals surface area contributed by atoms with E-state index in [0.717, 1.165) is 16.5 Å². The molecule has 0 radical (unpaired) electrons. The first-order chi connectivity index (χ1) is 44.2. The second-order valence-corrected chi connectivity index (χ2v) is 25.6. The fourth-order valence-electron chi connectivity index (χ4n) is 9.96.